The molecule has 0 aromatic heterocycles. The predicted molar refractivity (Wildman–Crippen MR) is 147 cm³/mol. The second-order valence-corrected chi connectivity index (χ2v) is 10.2. The lowest BCUT2D eigenvalue weighted by molar-refractivity contribution is -0.124. The Hall–Kier alpha value is -3.71. The Labute approximate surface area is 215 Å². The average molecular weight is 497 g/mol. The van der Waals surface area contributed by atoms with Crippen LogP contribution in [0, 0.1) is 13.8 Å². The number of fused-ring (bicyclic) bond motifs is 3. The van der Waals surface area contributed by atoms with Gasteiger partial charge in [-0.3, -0.25) is 14.6 Å². The number of hydrogen-bond donors (Lipinski definition) is 1. The molecule has 0 spiro atoms. The van der Waals surface area contributed by atoms with E-state index in [1.54, 1.807) is 4.90 Å². The normalized spacial score (nSPS) is 17.1. The van der Waals surface area contributed by atoms with E-state index in [9.17, 15) is 9.59 Å². The van der Waals surface area contributed by atoms with Gasteiger partial charge in [0.1, 0.15) is 11.9 Å². The minimum atomic E-state index is -0.525. The van der Waals surface area contributed by atoms with Crippen LogP contribution in [0.1, 0.15) is 35.6 Å². The number of amidine groups is 2. The van der Waals surface area contributed by atoms with Gasteiger partial charge in [0.05, 0.1) is 10.9 Å². The minimum absolute atomic E-state index is 0.108. The first-order valence-corrected chi connectivity index (χ1v) is 13.0. The van der Waals surface area contributed by atoms with E-state index in [1.807, 2.05) is 93.6 Å². The first-order chi connectivity index (χ1) is 17.4. The lowest BCUT2D eigenvalue weighted by Crippen LogP contribution is -2.42. The fourth-order valence-electron chi connectivity index (χ4n) is 4.38. The highest BCUT2D eigenvalue weighted by Gasteiger charge is 2.42. The molecule has 0 radical (unpaired) electrons. The van der Waals surface area contributed by atoms with Gasteiger partial charge < -0.3 is 5.32 Å². The third-order valence-corrected chi connectivity index (χ3v) is 7.70. The topological polar surface area (TPSA) is 74.1 Å². The molecular weight excluding hydrogens is 468 g/mol. The molecule has 0 saturated carbocycles. The van der Waals surface area contributed by atoms with Gasteiger partial charge >= 0.3 is 0 Å². The number of anilines is 1. The number of hydrogen-bond acceptors (Lipinski definition) is 5. The van der Waals surface area contributed by atoms with Crippen molar-refractivity contribution >= 4 is 46.0 Å². The van der Waals surface area contributed by atoms with Crippen LogP contribution in [0.5, 0.6) is 0 Å². The van der Waals surface area contributed by atoms with Gasteiger partial charge in [0.2, 0.25) is 5.91 Å². The van der Waals surface area contributed by atoms with E-state index in [0.717, 1.165) is 33.6 Å². The molecule has 36 heavy (non-hydrogen) atoms. The van der Waals surface area contributed by atoms with Crippen molar-refractivity contribution in [2.75, 3.05) is 5.32 Å². The zero-order valence-corrected chi connectivity index (χ0v) is 21.4. The number of benzene rings is 3. The minimum Gasteiger partial charge on any atom is -0.325 e. The van der Waals surface area contributed by atoms with Gasteiger partial charge in [0.25, 0.3) is 5.91 Å². The van der Waals surface area contributed by atoms with E-state index in [0.29, 0.717) is 23.8 Å². The van der Waals surface area contributed by atoms with Crippen LogP contribution < -0.4 is 5.32 Å². The molecule has 7 heteroatoms. The van der Waals surface area contributed by atoms with Crippen LogP contribution in [-0.4, -0.2) is 39.0 Å². The molecule has 0 fully saturated rings. The number of carbonyl (C=O) groups is 2. The second kappa shape index (κ2) is 10.1. The highest BCUT2D eigenvalue weighted by atomic mass is 32.2. The Morgan fingerprint density at radius 3 is 2.58 bits per heavy atom. The van der Waals surface area contributed by atoms with Crippen LogP contribution in [0.25, 0.3) is 0 Å². The van der Waals surface area contributed by atoms with Crippen molar-refractivity contribution in [2.45, 2.75) is 44.9 Å². The molecule has 182 valence electrons. The van der Waals surface area contributed by atoms with E-state index < -0.39 is 11.3 Å². The Morgan fingerprint density at radius 1 is 1.06 bits per heavy atom. The largest absolute Gasteiger partial charge is 0.325 e. The Bertz CT molecular complexity index is 1380. The van der Waals surface area contributed by atoms with Crippen LogP contribution in [0.4, 0.5) is 11.4 Å². The third kappa shape index (κ3) is 4.71. The summed E-state index contributed by atoms with van der Waals surface area (Å²) in [5.41, 5.74) is 5.53. The molecule has 6 nitrogen and oxygen atoms in total. The van der Waals surface area contributed by atoms with Crippen molar-refractivity contribution in [3.63, 3.8) is 0 Å². The summed E-state index contributed by atoms with van der Waals surface area (Å²) in [5, 5.41) is 3.15. The number of para-hydroxylation sites is 1. The standard InChI is InChI=1S/C29H28N4O2S/c1-4-25(27(34)31-23-16-18(2)14-15-19(23)3)36-29-32-22-13-9-8-12-21(22)26-30-24(28(35)33(26)29)17-20-10-6-5-7-11-20/h5-16,24-25H,4,17H2,1-3H3,(H,31,34)/t24-,25+/m1/s1. The summed E-state index contributed by atoms with van der Waals surface area (Å²) in [5.74, 6) is 0.391. The summed E-state index contributed by atoms with van der Waals surface area (Å²) < 4.78 is 0. The van der Waals surface area contributed by atoms with E-state index in [1.165, 1.54) is 11.8 Å². The molecular formula is C29H28N4O2S. The molecule has 0 saturated heterocycles. The number of aliphatic imine (C=N–C) groups is 2. The molecule has 2 aliphatic rings. The lowest BCUT2D eigenvalue weighted by Gasteiger charge is -2.27. The van der Waals surface area contributed by atoms with Crippen LogP contribution in [0.15, 0.2) is 82.8 Å². The number of carbonyl (C=O) groups excluding carboxylic acids is 2. The Balaban J connectivity index is 1.43. The smallest absolute Gasteiger partial charge is 0.259 e. The predicted octanol–water partition coefficient (Wildman–Crippen LogP) is 5.66. The quantitative estimate of drug-likeness (QED) is 0.479. The van der Waals surface area contributed by atoms with Gasteiger partial charge in [0.15, 0.2) is 5.17 Å². The van der Waals surface area contributed by atoms with Crippen LogP contribution >= 0.6 is 11.8 Å². The van der Waals surface area contributed by atoms with Gasteiger partial charge in [-0.1, -0.05) is 73.3 Å². The maximum atomic E-state index is 13.6. The number of amides is 2. The molecule has 0 bridgehead atoms. The lowest BCUT2D eigenvalue weighted by atomic mass is 10.1. The van der Waals surface area contributed by atoms with Crippen molar-refractivity contribution < 1.29 is 9.59 Å². The van der Waals surface area contributed by atoms with Crippen LogP contribution in [0.2, 0.25) is 0 Å². The summed E-state index contributed by atoms with van der Waals surface area (Å²) in [4.78, 5) is 38.1. The second-order valence-electron chi connectivity index (χ2n) is 9.07. The number of aryl methyl sites for hydroxylation is 2. The molecule has 5 rings (SSSR count). The van der Waals surface area contributed by atoms with E-state index in [2.05, 4.69) is 5.32 Å². The monoisotopic (exact) mass is 496 g/mol. The first-order valence-electron chi connectivity index (χ1n) is 12.1. The van der Waals surface area contributed by atoms with Gasteiger partial charge in [-0.25, -0.2) is 9.89 Å². The average Bonchev–Trinajstić information content (AvgIpc) is 3.21. The van der Waals surface area contributed by atoms with Crippen LogP contribution in [0.3, 0.4) is 0 Å². The summed E-state index contributed by atoms with van der Waals surface area (Å²) in [6.45, 7) is 5.95. The molecule has 2 heterocycles. The summed E-state index contributed by atoms with van der Waals surface area (Å²) in [6.07, 6.45) is 1.11. The summed E-state index contributed by atoms with van der Waals surface area (Å²) in [6, 6.07) is 23.1. The maximum Gasteiger partial charge on any atom is 0.259 e. The summed E-state index contributed by atoms with van der Waals surface area (Å²) in [7, 11) is 0. The number of nitrogens with zero attached hydrogens (tertiary/aromatic N) is 3. The number of nitrogens with one attached hydrogen (secondary N) is 1. The zero-order valence-electron chi connectivity index (χ0n) is 20.6. The van der Waals surface area contributed by atoms with Crippen molar-refractivity contribution in [3.8, 4) is 0 Å². The van der Waals surface area contributed by atoms with E-state index in [4.69, 9.17) is 9.98 Å². The van der Waals surface area contributed by atoms with E-state index in [-0.39, 0.29) is 11.8 Å². The molecule has 2 aliphatic heterocycles. The molecule has 0 aliphatic carbocycles. The van der Waals surface area contributed by atoms with Gasteiger partial charge in [-0.05, 0) is 55.2 Å². The number of thioether (sulfide) groups is 1. The highest BCUT2D eigenvalue weighted by molar-refractivity contribution is 8.15. The number of rotatable bonds is 6. The highest BCUT2D eigenvalue weighted by Crippen LogP contribution is 2.36. The fourth-order valence-corrected chi connectivity index (χ4v) is 5.40. The van der Waals surface area contributed by atoms with Gasteiger partial charge in [-0.2, -0.15) is 0 Å². The van der Waals surface area contributed by atoms with Crippen molar-refractivity contribution in [1.82, 2.24) is 4.90 Å². The van der Waals surface area contributed by atoms with Gasteiger partial charge in [0, 0.05) is 17.7 Å². The first kappa shape index (κ1) is 24.0. The Morgan fingerprint density at radius 2 is 1.81 bits per heavy atom. The van der Waals surface area contributed by atoms with E-state index >= 15 is 0 Å². The van der Waals surface area contributed by atoms with Crippen LogP contribution in [-0.2, 0) is 16.0 Å². The van der Waals surface area contributed by atoms with Gasteiger partial charge in [-0.15, -0.1) is 0 Å². The zero-order chi connectivity index (χ0) is 25.2. The van der Waals surface area contributed by atoms with Crippen molar-refractivity contribution in [3.05, 3.63) is 95.1 Å². The summed E-state index contributed by atoms with van der Waals surface area (Å²) >= 11 is 1.32. The maximum absolute atomic E-state index is 13.6. The third-order valence-electron chi connectivity index (χ3n) is 6.38. The SMILES string of the molecule is CC[C@H](SC1=Nc2ccccc2C2=N[C@H](Cc3ccccc3)C(=O)N12)C(=O)Nc1cc(C)ccc1C. The molecule has 2 atom stereocenters. The van der Waals surface area contributed by atoms with Crippen molar-refractivity contribution in [2.24, 2.45) is 9.98 Å². The Kier molecular flexibility index (Phi) is 6.74. The molecule has 3 aromatic rings. The fraction of sp³-hybridized carbons (Fsp3) is 0.241. The molecule has 1 N–H and O–H groups in total. The molecule has 3 aromatic carbocycles. The molecule has 0 unspecified atom stereocenters. The van der Waals surface area contributed by atoms with Crippen molar-refractivity contribution in [1.29, 1.82) is 0 Å². The molecule has 2 amide bonds.